The van der Waals surface area contributed by atoms with Gasteiger partial charge in [-0.2, -0.15) is 5.10 Å². The van der Waals surface area contributed by atoms with Crippen molar-refractivity contribution in [3.05, 3.63) is 17.8 Å². The van der Waals surface area contributed by atoms with Gasteiger partial charge in [-0.05, 0) is 0 Å². The molecule has 0 bridgehead atoms. The SMILES string of the molecule is CCc1cnc(CNC(=O)C2=NNC(=O)CC2)o1. The second kappa shape index (κ2) is 5.44. The summed E-state index contributed by atoms with van der Waals surface area (Å²) in [5, 5.41) is 6.34. The third kappa shape index (κ3) is 2.93. The lowest BCUT2D eigenvalue weighted by atomic mass is 10.1. The first-order valence-electron chi connectivity index (χ1n) is 5.76. The lowest BCUT2D eigenvalue weighted by Crippen LogP contribution is -2.36. The third-order valence-electron chi connectivity index (χ3n) is 2.52. The number of carbonyl (C=O) groups is 2. The number of hydrogen-bond donors (Lipinski definition) is 2. The Morgan fingerprint density at radius 1 is 1.56 bits per heavy atom. The molecule has 0 saturated heterocycles. The van der Waals surface area contributed by atoms with Crippen molar-refractivity contribution < 1.29 is 14.0 Å². The molecular weight excluding hydrogens is 236 g/mol. The van der Waals surface area contributed by atoms with E-state index in [2.05, 4.69) is 20.8 Å². The number of nitrogens with zero attached hydrogens (tertiary/aromatic N) is 2. The molecule has 7 nitrogen and oxygen atoms in total. The van der Waals surface area contributed by atoms with Crippen LogP contribution in [0.25, 0.3) is 0 Å². The largest absolute Gasteiger partial charge is 0.444 e. The fourth-order valence-corrected chi connectivity index (χ4v) is 1.49. The standard InChI is InChI=1S/C11H14N4O3/c1-2-7-5-12-10(18-7)6-13-11(17)8-3-4-9(16)15-14-8/h5H,2-4,6H2,1H3,(H,13,17)(H,15,16). The van der Waals surface area contributed by atoms with E-state index in [4.69, 9.17) is 4.42 Å². The van der Waals surface area contributed by atoms with Gasteiger partial charge in [0, 0.05) is 19.3 Å². The molecule has 2 N–H and O–H groups in total. The third-order valence-corrected chi connectivity index (χ3v) is 2.52. The molecule has 0 radical (unpaired) electrons. The predicted molar refractivity (Wildman–Crippen MR) is 62.5 cm³/mol. The maximum absolute atomic E-state index is 11.7. The highest BCUT2D eigenvalue weighted by atomic mass is 16.4. The van der Waals surface area contributed by atoms with Crippen LogP contribution in [0.3, 0.4) is 0 Å². The number of oxazole rings is 1. The number of rotatable bonds is 4. The molecule has 18 heavy (non-hydrogen) atoms. The van der Waals surface area contributed by atoms with Gasteiger partial charge >= 0.3 is 0 Å². The van der Waals surface area contributed by atoms with E-state index in [9.17, 15) is 9.59 Å². The van der Waals surface area contributed by atoms with E-state index in [1.807, 2.05) is 6.92 Å². The zero-order valence-corrected chi connectivity index (χ0v) is 10.0. The Balaban J connectivity index is 1.86. The summed E-state index contributed by atoms with van der Waals surface area (Å²) in [6.45, 7) is 2.17. The van der Waals surface area contributed by atoms with Gasteiger partial charge in [-0.25, -0.2) is 10.4 Å². The van der Waals surface area contributed by atoms with E-state index in [0.717, 1.165) is 12.2 Å². The lowest BCUT2D eigenvalue weighted by molar-refractivity contribution is -0.121. The first-order chi connectivity index (χ1) is 8.69. The Kier molecular flexibility index (Phi) is 3.71. The number of aryl methyl sites for hydroxylation is 1. The summed E-state index contributed by atoms with van der Waals surface area (Å²) in [7, 11) is 0. The Morgan fingerprint density at radius 3 is 3.00 bits per heavy atom. The van der Waals surface area contributed by atoms with Crippen LogP contribution in [0.5, 0.6) is 0 Å². The summed E-state index contributed by atoms with van der Waals surface area (Å²) in [6.07, 6.45) is 3.04. The maximum atomic E-state index is 11.7. The second-order valence-electron chi connectivity index (χ2n) is 3.85. The summed E-state index contributed by atoms with van der Waals surface area (Å²) in [5.74, 6) is 0.750. The molecule has 1 aromatic heterocycles. The number of carbonyl (C=O) groups excluding carboxylic acids is 2. The minimum absolute atomic E-state index is 0.174. The van der Waals surface area contributed by atoms with E-state index >= 15 is 0 Å². The van der Waals surface area contributed by atoms with Gasteiger partial charge in [-0.1, -0.05) is 6.92 Å². The molecule has 96 valence electrons. The first kappa shape index (κ1) is 12.3. The molecule has 0 spiro atoms. The fourth-order valence-electron chi connectivity index (χ4n) is 1.49. The molecule has 2 rings (SSSR count). The van der Waals surface area contributed by atoms with Crippen molar-refractivity contribution in [2.45, 2.75) is 32.7 Å². The molecule has 0 aliphatic carbocycles. The topological polar surface area (TPSA) is 96.6 Å². The zero-order valence-electron chi connectivity index (χ0n) is 10.0. The van der Waals surface area contributed by atoms with Crippen LogP contribution < -0.4 is 10.7 Å². The summed E-state index contributed by atoms with van der Waals surface area (Å²) in [4.78, 5) is 26.6. The van der Waals surface area contributed by atoms with E-state index in [0.29, 0.717) is 18.0 Å². The predicted octanol–water partition coefficient (Wildman–Crippen LogP) is 0.119. The van der Waals surface area contributed by atoms with Gasteiger partial charge < -0.3 is 9.73 Å². The molecule has 0 aromatic carbocycles. The highest BCUT2D eigenvalue weighted by molar-refractivity contribution is 6.39. The molecule has 7 heteroatoms. The summed E-state index contributed by atoms with van der Waals surface area (Å²) in [5.41, 5.74) is 2.59. The van der Waals surface area contributed by atoms with Gasteiger partial charge in [0.25, 0.3) is 5.91 Å². The van der Waals surface area contributed by atoms with Crippen molar-refractivity contribution in [1.29, 1.82) is 0 Å². The fraction of sp³-hybridized carbons (Fsp3) is 0.455. The molecule has 1 aliphatic rings. The molecule has 0 unspecified atom stereocenters. The Morgan fingerprint density at radius 2 is 2.39 bits per heavy atom. The molecule has 0 fully saturated rings. The molecule has 1 aliphatic heterocycles. The number of aromatic nitrogens is 1. The van der Waals surface area contributed by atoms with Crippen LogP contribution in [-0.4, -0.2) is 22.5 Å². The Labute approximate surface area is 104 Å². The van der Waals surface area contributed by atoms with Crippen LogP contribution in [-0.2, 0) is 22.6 Å². The molecule has 2 amide bonds. The van der Waals surface area contributed by atoms with Gasteiger partial charge in [-0.3, -0.25) is 9.59 Å². The monoisotopic (exact) mass is 250 g/mol. The van der Waals surface area contributed by atoms with E-state index < -0.39 is 0 Å². The number of hydrogen-bond acceptors (Lipinski definition) is 5. The second-order valence-corrected chi connectivity index (χ2v) is 3.85. The van der Waals surface area contributed by atoms with Crippen molar-refractivity contribution in [2.24, 2.45) is 5.10 Å². The molecule has 0 saturated carbocycles. The summed E-state index contributed by atoms with van der Waals surface area (Å²) >= 11 is 0. The van der Waals surface area contributed by atoms with Crippen LogP contribution >= 0.6 is 0 Å². The molecule has 1 aromatic rings. The van der Waals surface area contributed by atoms with E-state index in [-0.39, 0.29) is 24.8 Å². The Hall–Kier alpha value is -2.18. The minimum Gasteiger partial charge on any atom is -0.444 e. The average molecular weight is 250 g/mol. The van der Waals surface area contributed by atoms with Crippen molar-refractivity contribution >= 4 is 17.5 Å². The molecule has 2 heterocycles. The number of nitrogens with one attached hydrogen (secondary N) is 2. The Bertz CT molecular complexity index is 492. The number of amides is 2. The van der Waals surface area contributed by atoms with Crippen LogP contribution in [0.15, 0.2) is 15.7 Å². The van der Waals surface area contributed by atoms with E-state index in [1.165, 1.54) is 0 Å². The van der Waals surface area contributed by atoms with E-state index in [1.54, 1.807) is 6.20 Å². The number of hydrazone groups is 1. The van der Waals surface area contributed by atoms with Gasteiger partial charge in [0.15, 0.2) is 0 Å². The van der Waals surface area contributed by atoms with Crippen molar-refractivity contribution in [1.82, 2.24) is 15.7 Å². The summed E-state index contributed by atoms with van der Waals surface area (Å²) < 4.78 is 5.35. The van der Waals surface area contributed by atoms with Crippen LogP contribution in [0.2, 0.25) is 0 Å². The normalized spacial score (nSPS) is 14.9. The van der Waals surface area contributed by atoms with Gasteiger partial charge in [-0.15, -0.1) is 0 Å². The quantitative estimate of drug-likeness (QED) is 0.793. The van der Waals surface area contributed by atoms with Crippen molar-refractivity contribution in [2.75, 3.05) is 0 Å². The maximum Gasteiger partial charge on any atom is 0.267 e. The summed E-state index contributed by atoms with van der Waals surface area (Å²) in [6, 6.07) is 0. The minimum atomic E-state index is -0.314. The van der Waals surface area contributed by atoms with Crippen LogP contribution in [0.4, 0.5) is 0 Å². The van der Waals surface area contributed by atoms with Crippen molar-refractivity contribution in [3.8, 4) is 0 Å². The highest BCUT2D eigenvalue weighted by Gasteiger charge is 2.18. The zero-order chi connectivity index (χ0) is 13.0. The van der Waals surface area contributed by atoms with Crippen molar-refractivity contribution in [3.63, 3.8) is 0 Å². The van der Waals surface area contributed by atoms with Crippen LogP contribution in [0, 0.1) is 0 Å². The lowest BCUT2D eigenvalue weighted by Gasteiger charge is -2.10. The van der Waals surface area contributed by atoms with Gasteiger partial charge in [0.1, 0.15) is 11.5 Å². The molecule has 0 atom stereocenters. The van der Waals surface area contributed by atoms with Gasteiger partial charge in [0.2, 0.25) is 11.8 Å². The molecular formula is C11H14N4O3. The first-order valence-corrected chi connectivity index (χ1v) is 5.76. The van der Waals surface area contributed by atoms with Gasteiger partial charge in [0.05, 0.1) is 12.7 Å². The average Bonchev–Trinajstić information content (AvgIpc) is 2.85. The smallest absolute Gasteiger partial charge is 0.267 e. The van der Waals surface area contributed by atoms with Crippen LogP contribution in [0.1, 0.15) is 31.4 Å². The highest BCUT2D eigenvalue weighted by Crippen LogP contribution is 2.04.